The molecule has 0 radical (unpaired) electrons. The quantitative estimate of drug-likeness (QED) is 0.656. The maximum atomic E-state index is 12.5. The lowest BCUT2D eigenvalue weighted by molar-refractivity contribution is 0.0730. The first-order chi connectivity index (χ1) is 13.1. The van der Waals surface area contributed by atoms with E-state index in [1.165, 1.54) is 9.18 Å². The molecule has 2 aromatic rings. The first-order valence-corrected chi connectivity index (χ1v) is 12.1. The van der Waals surface area contributed by atoms with Crippen LogP contribution in [0.2, 0.25) is 0 Å². The lowest BCUT2D eigenvalue weighted by atomic mass is 10.2. The van der Waals surface area contributed by atoms with E-state index < -0.39 is 10.0 Å². The summed E-state index contributed by atoms with van der Waals surface area (Å²) in [6.45, 7) is 1.67. The van der Waals surface area contributed by atoms with Gasteiger partial charge in [0.25, 0.3) is 5.91 Å². The van der Waals surface area contributed by atoms with Gasteiger partial charge in [0.15, 0.2) is 0 Å². The average Bonchev–Trinajstić information content (AvgIpc) is 3.21. The number of hydrogen-bond donors (Lipinski definition) is 1. The molecular formula is C18H22N2O4S3. The predicted molar refractivity (Wildman–Crippen MR) is 109 cm³/mol. The summed E-state index contributed by atoms with van der Waals surface area (Å²) in [5, 5.41) is 4.77. The lowest BCUT2D eigenvalue weighted by Crippen LogP contribution is -2.43. The van der Waals surface area contributed by atoms with Crippen LogP contribution in [0.15, 0.2) is 46.7 Å². The number of carbonyl (C=O) groups is 1. The summed E-state index contributed by atoms with van der Waals surface area (Å²) in [5.74, 6) is 0.442. The van der Waals surface area contributed by atoms with E-state index in [0.717, 1.165) is 10.6 Å². The first-order valence-electron chi connectivity index (χ1n) is 8.64. The third kappa shape index (κ3) is 5.79. The minimum atomic E-state index is -3.38. The lowest BCUT2D eigenvalue weighted by Gasteiger charge is -2.26. The molecule has 0 saturated carbocycles. The zero-order chi connectivity index (χ0) is 19.1. The Morgan fingerprint density at radius 1 is 1.19 bits per heavy atom. The molecule has 3 rings (SSSR count). The van der Waals surface area contributed by atoms with Crippen molar-refractivity contribution in [2.45, 2.75) is 10.6 Å². The highest BCUT2D eigenvalue weighted by Crippen LogP contribution is 2.27. The Bertz CT molecular complexity index is 847. The van der Waals surface area contributed by atoms with Crippen LogP contribution in [0.1, 0.15) is 15.2 Å². The molecule has 0 spiro atoms. The van der Waals surface area contributed by atoms with E-state index in [0.29, 0.717) is 31.9 Å². The van der Waals surface area contributed by atoms with Crippen LogP contribution < -0.4 is 5.32 Å². The summed E-state index contributed by atoms with van der Waals surface area (Å²) in [6.07, 6.45) is 0. The monoisotopic (exact) mass is 426 g/mol. The Labute approximate surface area is 168 Å². The Balaban J connectivity index is 1.54. The highest BCUT2D eigenvalue weighted by Gasteiger charge is 2.24. The molecule has 0 unspecified atom stereocenters. The van der Waals surface area contributed by atoms with Gasteiger partial charge in [-0.15, -0.1) is 23.1 Å². The number of amides is 1. The molecule has 1 aromatic carbocycles. The van der Waals surface area contributed by atoms with Crippen molar-refractivity contribution in [3.05, 3.63) is 52.2 Å². The maximum Gasteiger partial charge on any atom is 0.252 e. The van der Waals surface area contributed by atoms with E-state index in [-0.39, 0.29) is 18.2 Å². The van der Waals surface area contributed by atoms with Gasteiger partial charge in [-0.05, 0) is 23.6 Å². The topological polar surface area (TPSA) is 75.7 Å². The molecule has 146 valence electrons. The van der Waals surface area contributed by atoms with Crippen molar-refractivity contribution in [2.24, 2.45) is 0 Å². The van der Waals surface area contributed by atoms with Gasteiger partial charge < -0.3 is 10.1 Å². The standard InChI is InChI=1S/C18H22N2O4S3/c21-18(19-7-13-27(22,23)20-8-10-24-11-9-20)16-5-1-2-6-17(16)26-14-15-4-3-12-25-15/h1-6,12H,7-11,13-14H2,(H,19,21). The molecule has 0 bridgehead atoms. The SMILES string of the molecule is O=C(NCCS(=O)(=O)N1CCOCC1)c1ccccc1SCc1cccs1. The van der Waals surface area contributed by atoms with Gasteiger partial charge in [0.2, 0.25) is 10.0 Å². The molecule has 6 nitrogen and oxygen atoms in total. The van der Waals surface area contributed by atoms with Gasteiger partial charge in [-0.3, -0.25) is 4.79 Å². The molecule has 1 saturated heterocycles. The fourth-order valence-electron chi connectivity index (χ4n) is 2.67. The van der Waals surface area contributed by atoms with Crippen molar-refractivity contribution in [2.75, 3.05) is 38.6 Å². The third-order valence-electron chi connectivity index (χ3n) is 4.09. The molecule has 2 heterocycles. The van der Waals surface area contributed by atoms with Crippen LogP contribution >= 0.6 is 23.1 Å². The molecule has 0 aliphatic carbocycles. The van der Waals surface area contributed by atoms with Crippen molar-refractivity contribution in [1.82, 2.24) is 9.62 Å². The van der Waals surface area contributed by atoms with Crippen molar-refractivity contribution < 1.29 is 17.9 Å². The number of carbonyl (C=O) groups excluding carboxylic acids is 1. The van der Waals surface area contributed by atoms with Crippen LogP contribution in [0.4, 0.5) is 0 Å². The van der Waals surface area contributed by atoms with Crippen LogP contribution in [0.25, 0.3) is 0 Å². The largest absolute Gasteiger partial charge is 0.379 e. The van der Waals surface area contributed by atoms with E-state index in [9.17, 15) is 13.2 Å². The zero-order valence-electron chi connectivity index (χ0n) is 14.8. The molecule has 1 amide bonds. The predicted octanol–water partition coefficient (Wildman–Crippen LogP) is 2.43. The minimum absolute atomic E-state index is 0.0858. The molecule has 1 aliphatic rings. The highest BCUT2D eigenvalue weighted by molar-refractivity contribution is 7.98. The van der Waals surface area contributed by atoms with Gasteiger partial charge in [0.05, 0.1) is 24.5 Å². The van der Waals surface area contributed by atoms with Gasteiger partial charge in [0, 0.05) is 35.2 Å². The average molecular weight is 427 g/mol. The summed E-state index contributed by atoms with van der Waals surface area (Å²) >= 11 is 3.29. The number of ether oxygens (including phenoxy) is 1. The molecule has 1 aromatic heterocycles. The number of thioether (sulfide) groups is 1. The Kier molecular flexibility index (Phi) is 7.31. The molecular weight excluding hydrogens is 404 g/mol. The Morgan fingerprint density at radius 3 is 2.70 bits per heavy atom. The van der Waals surface area contributed by atoms with Crippen LogP contribution in [0.5, 0.6) is 0 Å². The second kappa shape index (κ2) is 9.70. The normalized spacial score (nSPS) is 15.6. The van der Waals surface area contributed by atoms with Crippen molar-refractivity contribution in [3.8, 4) is 0 Å². The zero-order valence-corrected chi connectivity index (χ0v) is 17.2. The van der Waals surface area contributed by atoms with E-state index >= 15 is 0 Å². The number of sulfonamides is 1. The number of thiophene rings is 1. The Hall–Kier alpha value is -1.39. The summed E-state index contributed by atoms with van der Waals surface area (Å²) in [5.41, 5.74) is 0.572. The van der Waals surface area contributed by atoms with Gasteiger partial charge in [-0.1, -0.05) is 18.2 Å². The fraction of sp³-hybridized carbons (Fsp3) is 0.389. The van der Waals surface area contributed by atoms with Gasteiger partial charge in [-0.2, -0.15) is 4.31 Å². The smallest absolute Gasteiger partial charge is 0.252 e. The minimum Gasteiger partial charge on any atom is -0.379 e. The third-order valence-corrected chi connectivity index (χ3v) is 8.14. The fourth-order valence-corrected chi connectivity index (χ4v) is 5.81. The first kappa shape index (κ1) is 20.3. The number of rotatable bonds is 8. The molecule has 0 atom stereocenters. The summed E-state index contributed by atoms with van der Waals surface area (Å²) in [7, 11) is -3.38. The highest BCUT2D eigenvalue weighted by atomic mass is 32.2. The van der Waals surface area contributed by atoms with E-state index in [2.05, 4.69) is 11.4 Å². The number of nitrogens with one attached hydrogen (secondary N) is 1. The van der Waals surface area contributed by atoms with Crippen LogP contribution in [-0.4, -0.2) is 57.2 Å². The van der Waals surface area contributed by atoms with Crippen molar-refractivity contribution in [1.29, 1.82) is 0 Å². The molecule has 1 aliphatic heterocycles. The van der Waals surface area contributed by atoms with Crippen molar-refractivity contribution in [3.63, 3.8) is 0 Å². The number of hydrogen-bond acceptors (Lipinski definition) is 6. The van der Waals surface area contributed by atoms with E-state index in [1.807, 2.05) is 29.6 Å². The molecule has 1 fully saturated rings. The molecule has 1 N–H and O–H groups in total. The number of morpholine rings is 1. The van der Waals surface area contributed by atoms with E-state index in [1.54, 1.807) is 29.2 Å². The van der Waals surface area contributed by atoms with Crippen LogP contribution in [-0.2, 0) is 20.5 Å². The second-order valence-electron chi connectivity index (χ2n) is 5.95. The van der Waals surface area contributed by atoms with Gasteiger partial charge in [0.1, 0.15) is 0 Å². The van der Waals surface area contributed by atoms with Crippen LogP contribution in [0.3, 0.4) is 0 Å². The summed E-state index contributed by atoms with van der Waals surface area (Å²) in [6, 6.07) is 11.5. The second-order valence-corrected chi connectivity index (χ2v) is 10.1. The van der Waals surface area contributed by atoms with E-state index in [4.69, 9.17) is 4.74 Å². The van der Waals surface area contributed by atoms with Crippen LogP contribution in [0, 0.1) is 0 Å². The Morgan fingerprint density at radius 2 is 1.96 bits per heavy atom. The molecule has 9 heteroatoms. The maximum absolute atomic E-state index is 12.5. The van der Waals surface area contributed by atoms with Crippen molar-refractivity contribution >= 4 is 39.0 Å². The summed E-state index contributed by atoms with van der Waals surface area (Å²) in [4.78, 5) is 14.7. The number of nitrogens with zero attached hydrogens (tertiary/aromatic N) is 1. The van der Waals surface area contributed by atoms with Gasteiger partial charge >= 0.3 is 0 Å². The molecule has 27 heavy (non-hydrogen) atoms. The van der Waals surface area contributed by atoms with Gasteiger partial charge in [-0.25, -0.2) is 8.42 Å². The number of benzene rings is 1. The summed E-state index contributed by atoms with van der Waals surface area (Å²) < 4.78 is 31.2.